The van der Waals surface area contributed by atoms with Gasteiger partial charge >= 0.3 is 5.69 Å². The summed E-state index contributed by atoms with van der Waals surface area (Å²) in [4.78, 5) is 44.2. The van der Waals surface area contributed by atoms with Crippen LogP contribution >= 0.6 is 0 Å². The fraction of sp³-hybridized carbons (Fsp3) is 0.303. The van der Waals surface area contributed by atoms with Gasteiger partial charge in [0.15, 0.2) is 5.65 Å². The number of rotatable bonds is 6. The molecule has 0 radical (unpaired) electrons. The molecule has 1 fully saturated rings. The molecular weight excluding hydrogens is 531 g/mol. The maximum absolute atomic E-state index is 16.2. The first-order chi connectivity index (χ1) is 20.9. The summed E-state index contributed by atoms with van der Waals surface area (Å²) >= 11 is 0. The average molecular weight is 569 g/mol. The van der Waals surface area contributed by atoms with Gasteiger partial charge in [0.25, 0.3) is 0 Å². The molecule has 0 bridgehead atoms. The molecule has 1 amide bonds. The highest BCUT2D eigenvalue weighted by molar-refractivity contribution is 5.92. The zero-order valence-electron chi connectivity index (χ0n) is 26.4. The fourth-order valence-electron chi connectivity index (χ4n) is 5.87. The number of piperazine rings is 1. The molecule has 0 spiro atoms. The Morgan fingerprint density at radius 2 is 1.88 bits per heavy atom. The summed E-state index contributed by atoms with van der Waals surface area (Å²) in [6, 6.07) is 9.48. The molecule has 1 aromatic carbocycles. The first kappa shape index (κ1) is 26.3. The number of pyridine rings is 2. The Kier molecular flexibility index (Phi) is 7.07. The van der Waals surface area contributed by atoms with Gasteiger partial charge in [-0.2, -0.15) is 4.98 Å². The van der Waals surface area contributed by atoms with Crippen LogP contribution in [0.2, 0.25) is 0 Å². The molecule has 3 aromatic heterocycles. The van der Waals surface area contributed by atoms with Gasteiger partial charge in [-0.05, 0) is 56.0 Å². The molecule has 8 nitrogen and oxygen atoms in total. The monoisotopic (exact) mass is 568 g/mol. The first-order valence-electron chi connectivity index (χ1n) is 15.0. The van der Waals surface area contributed by atoms with Crippen molar-refractivity contribution >= 4 is 28.8 Å². The summed E-state index contributed by atoms with van der Waals surface area (Å²) in [7, 11) is 0. The van der Waals surface area contributed by atoms with Gasteiger partial charge in [-0.25, -0.2) is 18.7 Å². The zero-order valence-corrected chi connectivity index (χ0v) is 24.4. The van der Waals surface area contributed by atoms with Gasteiger partial charge in [-0.15, -0.1) is 0 Å². The topological polar surface area (TPSA) is 84.2 Å². The minimum atomic E-state index is -0.643. The largest absolute Gasteiger partial charge is 0.355 e. The molecule has 0 unspecified atom stereocenters. The van der Waals surface area contributed by atoms with Crippen molar-refractivity contribution < 1.29 is 11.9 Å². The van der Waals surface area contributed by atoms with E-state index in [1.807, 2.05) is 45.6 Å². The van der Waals surface area contributed by atoms with Crippen LogP contribution < -0.4 is 10.6 Å². The number of nitrogens with zero attached hydrogens (tertiary/aromatic N) is 6. The molecule has 1 saturated heterocycles. The summed E-state index contributed by atoms with van der Waals surface area (Å²) in [5.41, 5.74) is 2.41. The third-order valence-corrected chi connectivity index (χ3v) is 7.75. The van der Waals surface area contributed by atoms with Gasteiger partial charge in [0, 0.05) is 36.9 Å². The summed E-state index contributed by atoms with van der Waals surface area (Å²) in [5.74, 6) is -0.583. The van der Waals surface area contributed by atoms with Crippen molar-refractivity contribution in [3.8, 4) is 16.9 Å². The number of hydrogen-bond donors (Lipinski definition) is 0. The van der Waals surface area contributed by atoms with Gasteiger partial charge < -0.3 is 9.80 Å². The van der Waals surface area contributed by atoms with Crippen molar-refractivity contribution in [2.45, 2.75) is 52.6 Å². The van der Waals surface area contributed by atoms with Crippen molar-refractivity contribution in [2.24, 2.45) is 0 Å². The number of halogens is 1. The highest BCUT2D eigenvalue weighted by Crippen LogP contribution is 2.35. The van der Waals surface area contributed by atoms with E-state index in [2.05, 4.69) is 16.5 Å². The molecule has 0 saturated carbocycles. The molecule has 9 heteroatoms. The van der Waals surface area contributed by atoms with Gasteiger partial charge in [-0.1, -0.05) is 57.3 Å². The average Bonchev–Trinajstić information content (AvgIpc) is 2.96. The first-order valence-corrected chi connectivity index (χ1v) is 14.0. The molecule has 1 aliphatic heterocycles. The third-order valence-electron chi connectivity index (χ3n) is 7.75. The summed E-state index contributed by atoms with van der Waals surface area (Å²) in [6.45, 7) is 13.6. The lowest BCUT2D eigenvalue weighted by atomic mass is 10.0. The van der Waals surface area contributed by atoms with E-state index in [0.717, 1.165) is 5.56 Å². The molecule has 42 heavy (non-hydrogen) atoms. The maximum Gasteiger partial charge on any atom is 0.355 e. The van der Waals surface area contributed by atoms with Gasteiger partial charge in [0.05, 0.1) is 19.5 Å². The molecule has 0 N–H and O–H groups in total. The number of carbonyl (C=O) groups excluding carboxylic acids is 1. The standard InChI is InChI=1S/C33H35FN6O2/c1-8-23-12-10-11-13-24(23)29-26(34)16-25-31(36-29)40(30-20(5)14-15-35-28(30)19(3)4)33(42)37-32(25)39-21(6)17-38(18-22(39)7)27(41)9-2/h8-16,19,21-22H,1-2,17-18H2,3-7H3/t21-,22-/m0/s1/i1D2. The summed E-state index contributed by atoms with van der Waals surface area (Å²) in [5, 5.41) is 0.334. The molecule has 216 valence electrons. The number of amides is 1. The SMILES string of the molecule is [2H]C([2H])=Cc1ccccc1-c1nc2c(cc1F)c(N1[C@@H](C)CN(C(=O)C=C)C[C@@H]1C)nc(=O)n2-c1c(C)ccnc1C(C)C. The minimum absolute atomic E-state index is 0.0222. The number of hydrogen-bond acceptors (Lipinski definition) is 6. The third kappa shape index (κ3) is 4.89. The molecule has 5 rings (SSSR count). The molecule has 4 heterocycles. The Morgan fingerprint density at radius 3 is 2.55 bits per heavy atom. The number of benzene rings is 1. The second kappa shape index (κ2) is 11.3. The molecule has 2 atom stereocenters. The quantitative estimate of drug-likeness (QED) is 0.279. The van der Waals surface area contributed by atoms with Crippen LogP contribution in [0.4, 0.5) is 10.2 Å². The predicted molar refractivity (Wildman–Crippen MR) is 165 cm³/mol. The number of anilines is 1. The lowest BCUT2D eigenvalue weighted by Crippen LogP contribution is -2.58. The van der Waals surface area contributed by atoms with Crippen LogP contribution in [0.3, 0.4) is 0 Å². The van der Waals surface area contributed by atoms with Crippen LogP contribution in [0.5, 0.6) is 0 Å². The van der Waals surface area contributed by atoms with Crippen LogP contribution in [-0.4, -0.2) is 55.5 Å². The number of aryl methyl sites for hydroxylation is 1. The van der Waals surface area contributed by atoms with E-state index in [9.17, 15) is 9.59 Å². The molecule has 0 aliphatic carbocycles. The Labute approximate surface area is 247 Å². The lowest BCUT2D eigenvalue weighted by Gasteiger charge is -2.45. The fourth-order valence-corrected chi connectivity index (χ4v) is 5.87. The van der Waals surface area contributed by atoms with Crippen LogP contribution in [0.25, 0.3) is 34.1 Å². The van der Waals surface area contributed by atoms with Crippen LogP contribution in [0.1, 0.15) is 53.2 Å². The van der Waals surface area contributed by atoms with E-state index in [1.165, 1.54) is 22.8 Å². The second-order valence-electron chi connectivity index (χ2n) is 11.0. The van der Waals surface area contributed by atoms with E-state index >= 15 is 4.39 Å². The van der Waals surface area contributed by atoms with Crippen LogP contribution in [0, 0.1) is 12.7 Å². The Balaban J connectivity index is 1.85. The zero-order chi connectivity index (χ0) is 31.9. The maximum atomic E-state index is 16.2. The number of carbonyl (C=O) groups is 1. The van der Waals surface area contributed by atoms with Crippen LogP contribution in [0.15, 0.2) is 66.6 Å². The smallest absolute Gasteiger partial charge is 0.347 e. The van der Waals surface area contributed by atoms with Crippen molar-refractivity contribution in [3.05, 3.63) is 94.9 Å². The highest BCUT2D eigenvalue weighted by atomic mass is 19.1. The molecule has 1 aliphatic rings. The van der Waals surface area contributed by atoms with E-state index < -0.39 is 18.0 Å². The number of fused-ring (bicyclic) bond motifs is 1. The summed E-state index contributed by atoms with van der Waals surface area (Å²) in [6.07, 6.45) is 4.29. The van der Waals surface area contributed by atoms with Crippen molar-refractivity contribution in [1.29, 1.82) is 0 Å². The van der Waals surface area contributed by atoms with E-state index in [-0.39, 0.29) is 41.1 Å². The van der Waals surface area contributed by atoms with Gasteiger partial charge in [0.1, 0.15) is 17.3 Å². The van der Waals surface area contributed by atoms with Crippen molar-refractivity contribution in [1.82, 2.24) is 24.4 Å². The van der Waals surface area contributed by atoms with Gasteiger partial charge in [0.2, 0.25) is 5.91 Å². The van der Waals surface area contributed by atoms with Crippen molar-refractivity contribution in [2.75, 3.05) is 18.0 Å². The van der Waals surface area contributed by atoms with Gasteiger partial charge in [-0.3, -0.25) is 9.78 Å². The van der Waals surface area contributed by atoms with E-state index in [0.29, 0.717) is 41.0 Å². The summed E-state index contributed by atoms with van der Waals surface area (Å²) < 4.78 is 33.0. The molecule has 4 aromatic rings. The van der Waals surface area contributed by atoms with E-state index in [1.54, 1.807) is 35.4 Å². The van der Waals surface area contributed by atoms with Crippen LogP contribution in [-0.2, 0) is 4.79 Å². The normalized spacial score (nSPS) is 17.7. The van der Waals surface area contributed by atoms with E-state index in [4.69, 9.17) is 7.73 Å². The number of aromatic nitrogens is 4. The Hall–Kier alpha value is -4.66. The van der Waals surface area contributed by atoms with Crippen molar-refractivity contribution in [3.63, 3.8) is 0 Å². The second-order valence-corrected chi connectivity index (χ2v) is 11.0. The Bertz CT molecular complexity index is 1860. The highest BCUT2D eigenvalue weighted by Gasteiger charge is 2.34. The minimum Gasteiger partial charge on any atom is -0.347 e. The molecular formula is C33H35FN6O2. The predicted octanol–water partition coefficient (Wildman–Crippen LogP) is 5.67. The lowest BCUT2D eigenvalue weighted by molar-refractivity contribution is -0.127. The Morgan fingerprint density at radius 1 is 1.17 bits per heavy atom.